The molecule has 1 heteroatoms. The van der Waals surface area contributed by atoms with Gasteiger partial charge < -0.3 is 5.11 Å². The van der Waals surface area contributed by atoms with Gasteiger partial charge in [0.25, 0.3) is 0 Å². The van der Waals surface area contributed by atoms with E-state index in [0.717, 1.165) is 17.5 Å². The van der Waals surface area contributed by atoms with Crippen molar-refractivity contribution in [3.8, 4) is 5.75 Å². The Morgan fingerprint density at radius 3 is 1.88 bits per heavy atom. The van der Waals surface area contributed by atoms with E-state index in [1.54, 1.807) is 0 Å². The molecule has 0 fully saturated rings. The first kappa shape index (κ1) is 22.1. The van der Waals surface area contributed by atoms with Crippen LogP contribution in [0.2, 0.25) is 0 Å². The molecule has 0 amide bonds. The van der Waals surface area contributed by atoms with Crippen molar-refractivity contribution >= 4 is 0 Å². The first-order valence-electron chi connectivity index (χ1n) is 10.8. The molecule has 0 heterocycles. The summed E-state index contributed by atoms with van der Waals surface area (Å²) in [5.41, 5.74) is 3.40. The molecule has 1 aromatic rings. The molecule has 0 aliphatic carbocycles. The van der Waals surface area contributed by atoms with Crippen LogP contribution >= 0.6 is 0 Å². The third-order valence-electron chi connectivity index (χ3n) is 5.39. The van der Waals surface area contributed by atoms with Crippen LogP contribution < -0.4 is 0 Å². The fraction of sp³-hybridized carbons (Fsp3) is 0.750. The number of unbranched alkanes of at least 4 members (excludes halogenated alkanes) is 10. The van der Waals surface area contributed by atoms with Crippen LogP contribution in [-0.2, 0) is 6.42 Å². The molecule has 1 nitrogen and oxygen atoms in total. The zero-order valence-electron chi connectivity index (χ0n) is 17.4. The number of hydrogen-bond acceptors (Lipinski definition) is 1. The molecule has 0 spiro atoms. The summed E-state index contributed by atoms with van der Waals surface area (Å²) in [6.45, 7) is 8.73. The van der Waals surface area contributed by atoms with Gasteiger partial charge in [-0.25, -0.2) is 0 Å². The van der Waals surface area contributed by atoms with E-state index in [1.807, 2.05) is 6.92 Å². The van der Waals surface area contributed by atoms with Gasteiger partial charge in [-0.15, -0.1) is 0 Å². The summed E-state index contributed by atoms with van der Waals surface area (Å²) in [6, 6.07) is 4.21. The van der Waals surface area contributed by atoms with E-state index in [1.165, 1.54) is 82.6 Å². The van der Waals surface area contributed by atoms with Crippen molar-refractivity contribution in [3.63, 3.8) is 0 Å². The predicted octanol–water partition coefficient (Wildman–Crippen LogP) is 7.89. The van der Waals surface area contributed by atoms with Gasteiger partial charge >= 0.3 is 0 Å². The molecule has 1 aromatic carbocycles. The lowest BCUT2D eigenvalue weighted by Crippen LogP contribution is -2.01. The van der Waals surface area contributed by atoms with E-state index in [9.17, 15) is 5.11 Å². The zero-order chi connectivity index (χ0) is 18.5. The van der Waals surface area contributed by atoms with Gasteiger partial charge in [-0.2, -0.15) is 0 Å². The molecule has 1 N–H and O–H groups in total. The van der Waals surface area contributed by atoms with Crippen LogP contribution in [0.5, 0.6) is 5.75 Å². The normalized spacial score (nSPS) is 12.5. The Labute approximate surface area is 157 Å². The molecule has 1 unspecified atom stereocenters. The van der Waals surface area contributed by atoms with Crippen LogP contribution in [0.25, 0.3) is 0 Å². The fourth-order valence-electron chi connectivity index (χ4n) is 3.84. The smallest absolute Gasteiger partial charge is 0.121 e. The van der Waals surface area contributed by atoms with Crippen LogP contribution in [0.4, 0.5) is 0 Å². The maximum atomic E-state index is 10.2. The highest BCUT2D eigenvalue weighted by molar-refractivity contribution is 5.42. The minimum absolute atomic E-state index is 0.511. The molecule has 0 bridgehead atoms. The number of phenolic OH excluding ortho intramolecular Hbond substituents is 1. The quantitative estimate of drug-likeness (QED) is 0.339. The number of aryl methyl sites for hydroxylation is 2. The lowest BCUT2D eigenvalue weighted by molar-refractivity contribution is 0.441. The molecule has 0 aliphatic rings. The Balaban J connectivity index is 2.05. The largest absolute Gasteiger partial charge is 0.507 e. The standard InChI is InChI=1S/C24H42O/c1-5-6-7-8-9-10-11-12-13-14-15-16-20(2)18-23-19-21(3)17-22(4)24(23)25/h17,19-20,25H,5-16,18H2,1-4H3. The summed E-state index contributed by atoms with van der Waals surface area (Å²) in [5.74, 6) is 1.17. The van der Waals surface area contributed by atoms with Crippen LogP contribution in [-0.4, -0.2) is 5.11 Å². The molecular formula is C24H42O. The van der Waals surface area contributed by atoms with Crippen molar-refractivity contribution < 1.29 is 5.11 Å². The van der Waals surface area contributed by atoms with Crippen molar-refractivity contribution in [1.29, 1.82) is 0 Å². The van der Waals surface area contributed by atoms with E-state index < -0.39 is 0 Å². The second-order valence-electron chi connectivity index (χ2n) is 8.22. The lowest BCUT2D eigenvalue weighted by atomic mass is 9.92. The van der Waals surface area contributed by atoms with Crippen molar-refractivity contribution in [3.05, 3.63) is 28.8 Å². The van der Waals surface area contributed by atoms with E-state index in [0.29, 0.717) is 11.7 Å². The van der Waals surface area contributed by atoms with E-state index >= 15 is 0 Å². The monoisotopic (exact) mass is 346 g/mol. The zero-order valence-corrected chi connectivity index (χ0v) is 17.4. The molecule has 0 saturated heterocycles. The highest BCUT2D eigenvalue weighted by atomic mass is 16.3. The number of hydrogen-bond donors (Lipinski definition) is 1. The van der Waals surface area contributed by atoms with Gasteiger partial charge in [0.2, 0.25) is 0 Å². The van der Waals surface area contributed by atoms with E-state index in [-0.39, 0.29) is 0 Å². The molecule has 0 aromatic heterocycles. The maximum absolute atomic E-state index is 10.2. The minimum Gasteiger partial charge on any atom is -0.507 e. The summed E-state index contributed by atoms with van der Waals surface area (Å²) in [6.07, 6.45) is 17.8. The molecule has 0 radical (unpaired) electrons. The number of rotatable bonds is 14. The Bertz CT molecular complexity index is 463. The average Bonchev–Trinajstić information content (AvgIpc) is 2.57. The number of benzene rings is 1. The van der Waals surface area contributed by atoms with Gasteiger partial charge in [-0.05, 0) is 37.3 Å². The van der Waals surface area contributed by atoms with Crippen molar-refractivity contribution in [2.24, 2.45) is 5.92 Å². The highest BCUT2D eigenvalue weighted by Gasteiger charge is 2.10. The highest BCUT2D eigenvalue weighted by Crippen LogP contribution is 2.27. The lowest BCUT2D eigenvalue weighted by Gasteiger charge is -2.14. The van der Waals surface area contributed by atoms with Crippen LogP contribution in [0.15, 0.2) is 12.1 Å². The van der Waals surface area contributed by atoms with Gasteiger partial charge in [0.15, 0.2) is 0 Å². The third kappa shape index (κ3) is 9.92. The van der Waals surface area contributed by atoms with Crippen molar-refractivity contribution in [1.82, 2.24) is 0 Å². The number of phenols is 1. The van der Waals surface area contributed by atoms with Gasteiger partial charge in [-0.3, -0.25) is 0 Å². The van der Waals surface area contributed by atoms with E-state index in [2.05, 4.69) is 32.9 Å². The Morgan fingerprint density at radius 1 is 0.800 bits per heavy atom. The second-order valence-corrected chi connectivity index (χ2v) is 8.22. The molecule has 144 valence electrons. The summed E-state index contributed by atoms with van der Waals surface area (Å²) in [4.78, 5) is 0. The minimum atomic E-state index is 0.511. The summed E-state index contributed by atoms with van der Waals surface area (Å²) < 4.78 is 0. The molecule has 1 atom stereocenters. The molecule has 0 aliphatic heterocycles. The van der Waals surface area contributed by atoms with E-state index in [4.69, 9.17) is 0 Å². The molecule has 25 heavy (non-hydrogen) atoms. The topological polar surface area (TPSA) is 20.2 Å². The summed E-state index contributed by atoms with van der Waals surface area (Å²) >= 11 is 0. The average molecular weight is 347 g/mol. The van der Waals surface area contributed by atoms with Crippen LogP contribution in [0.1, 0.15) is 108 Å². The first-order valence-corrected chi connectivity index (χ1v) is 10.8. The molecule has 0 saturated carbocycles. The Kier molecular flexibility index (Phi) is 11.7. The van der Waals surface area contributed by atoms with Crippen molar-refractivity contribution in [2.45, 2.75) is 111 Å². The first-order chi connectivity index (χ1) is 12.0. The van der Waals surface area contributed by atoms with Gasteiger partial charge in [-0.1, -0.05) is 109 Å². The molecule has 1 rings (SSSR count). The Hall–Kier alpha value is -0.980. The SMILES string of the molecule is CCCCCCCCCCCCCC(C)Cc1cc(C)cc(C)c1O. The Morgan fingerprint density at radius 2 is 1.32 bits per heavy atom. The second kappa shape index (κ2) is 13.3. The van der Waals surface area contributed by atoms with Crippen LogP contribution in [0, 0.1) is 19.8 Å². The number of aromatic hydroxyl groups is 1. The van der Waals surface area contributed by atoms with Crippen molar-refractivity contribution in [2.75, 3.05) is 0 Å². The summed E-state index contributed by atoms with van der Waals surface area (Å²) in [7, 11) is 0. The summed E-state index contributed by atoms with van der Waals surface area (Å²) in [5, 5.41) is 10.2. The molecular weight excluding hydrogens is 304 g/mol. The predicted molar refractivity (Wildman–Crippen MR) is 112 cm³/mol. The van der Waals surface area contributed by atoms with Crippen LogP contribution in [0.3, 0.4) is 0 Å². The van der Waals surface area contributed by atoms with Gasteiger partial charge in [0.1, 0.15) is 5.75 Å². The van der Waals surface area contributed by atoms with Gasteiger partial charge in [0.05, 0.1) is 0 Å². The maximum Gasteiger partial charge on any atom is 0.121 e. The fourth-order valence-corrected chi connectivity index (χ4v) is 3.84. The third-order valence-corrected chi connectivity index (χ3v) is 5.39. The van der Waals surface area contributed by atoms with Gasteiger partial charge in [0, 0.05) is 0 Å².